The van der Waals surface area contributed by atoms with Gasteiger partial charge in [-0.3, -0.25) is 24.0 Å². The van der Waals surface area contributed by atoms with Crippen molar-refractivity contribution >= 4 is 46.5 Å². The molecule has 15 nitrogen and oxygen atoms in total. The number of para-hydroxylation sites is 1. The molecule has 3 aromatic rings. The SMILES string of the molecule is NC(CCC(=O)O)C(=O)NC(Cc1c[nH]c2ccccc12)C(=O)NC(CCC(=O)O)C(=O)NC(Cc1ccc(O)cc1)C(=O)O. The van der Waals surface area contributed by atoms with Gasteiger partial charge in [-0.1, -0.05) is 30.3 Å². The summed E-state index contributed by atoms with van der Waals surface area (Å²) in [5.41, 5.74) is 7.70. The number of aromatic nitrogens is 1. The number of nitrogens with two attached hydrogens (primary N) is 1. The van der Waals surface area contributed by atoms with Gasteiger partial charge in [0.1, 0.15) is 23.9 Å². The van der Waals surface area contributed by atoms with Crippen LogP contribution in [-0.2, 0) is 41.6 Å². The second-order valence-corrected chi connectivity index (χ2v) is 10.4. The average Bonchev–Trinajstić information content (AvgIpc) is 3.40. The molecule has 2 aromatic carbocycles. The molecule has 0 fully saturated rings. The molecule has 10 N–H and O–H groups in total. The standard InChI is InChI=1S/C30H35N5O10/c31-20(9-11-25(37)38)27(41)34-23(14-17-15-32-21-4-2-1-3-19(17)21)29(43)33-22(10-12-26(39)40)28(42)35-24(30(44)45)13-16-5-7-18(36)8-6-16/h1-8,15,20,22-24,32,36H,9-14,31H2,(H,33,43)(H,34,41)(H,35,42)(H,37,38)(H,39,40)(H,44,45). The third-order valence-corrected chi connectivity index (χ3v) is 7.01. The predicted octanol–water partition coefficient (Wildman–Crippen LogP) is 0.255. The van der Waals surface area contributed by atoms with Crippen molar-refractivity contribution in [1.29, 1.82) is 0 Å². The van der Waals surface area contributed by atoms with Crippen LogP contribution in [0, 0.1) is 0 Å². The Morgan fingerprint density at radius 1 is 0.711 bits per heavy atom. The first-order valence-corrected chi connectivity index (χ1v) is 14.0. The fourth-order valence-electron chi connectivity index (χ4n) is 4.57. The molecule has 15 heteroatoms. The van der Waals surface area contributed by atoms with E-state index in [0.29, 0.717) is 11.1 Å². The Labute approximate surface area is 256 Å². The van der Waals surface area contributed by atoms with E-state index in [1.165, 1.54) is 24.3 Å². The van der Waals surface area contributed by atoms with Crippen LogP contribution in [0.15, 0.2) is 54.7 Å². The predicted molar refractivity (Wildman–Crippen MR) is 159 cm³/mol. The number of carbonyl (C=O) groups excluding carboxylic acids is 3. The molecule has 1 aromatic heterocycles. The number of carbonyl (C=O) groups is 6. The van der Waals surface area contributed by atoms with Gasteiger partial charge < -0.3 is 47.1 Å². The van der Waals surface area contributed by atoms with Gasteiger partial charge in [0.2, 0.25) is 17.7 Å². The number of aromatic amines is 1. The van der Waals surface area contributed by atoms with Crippen molar-refractivity contribution in [1.82, 2.24) is 20.9 Å². The molecule has 0 saturated carbocycles. The highest BCUT2D eigenvalue weighted by molar-refractivity contribution is 5.95. The summed E-state index contributed by atoms with van der Waals surface area (Å²) in [7, 11) is 0. The minimum absolute atomic E-state index is 0.0387. The molecule has 0 aliphatic heterocycles. The summed E-state index contributed by atoms with van der Waals surface area (Å²) in [5.74, 6) is -6.52. The van der Waals surface area contributed by atoms with Gasteiger partial charge in [-0.05, 0) is 42.2 Å². The Morgan fingerprint density at radius 3 is 1.93 bits per heavy atom. The molecule has 1 heterocycles. The Kier molecular flexibility index (Phi) is 12.0. The number of aliphatic carboxylic acids is 3. The van der Waals surface area contributed by atoms with E-state index in [9.17, 15) is 44.1 Å². The van der Waals surface area contributed by atoms with Crippen LogP contribution in [0.4, 0.5) is 0 Å². The molecule has 240 valence electrons. The monoisotopic (exact) mass is 625 g/mol. The largest absolute Gasteiger partial charge is 0.508 e. The van der Waals surface area contributed by atoms with Crippen LogP contribution in [0.1, 0.15) is 36.8 Å². The molecule has 0 radical (unpaired) electrons. The maximum absolute atomic E-state index is 13.6. The summed E-state index contributed by atoms with van der Waals surface area (Å²) in [6, 6.07) is 7.26. The van der Waals surface area contributed by atoms with Crippen molar-refractivity contribution in [3.63, 3.8) is 0 Å². The highest BCUT2D eigenvalue weighted by Gasteiger charge is 2.31. The van der Waals surface area contributed by atoms with Crippen molar-refractivity contribution in [2.75, 3.05) is 0 Å². The topological polar surface area (TPSA) is 261 Å². The quantitative estimate of drug-likeness (QED) is 0.0982. The zero-order valence-corrected chi connectivity index (χ0v) is 24.1. The van der Waals surface area contributed by atoms with Crippen LogP contribution in [0.25, 0.3) is 10.9 Å². The van der Waals surface area contributed by atoms with Crippen LogP contribution >= 0.6 is 0 Å². The molecular weight excluding hydrogens is 590 g/mol. The first kappa shape index (κ1) is 34.1. The van der Waals surface area contributed by atoms with Gasteiger partial charge >= 0.3 is 17.9 Å². The van der Waals surface area contributed by atoms with Crippen LogP contribution in [0.5, 0.6) is 5.75 Å². The highest BCUT2D eigenvalue weighted by Crippen LogP contribution is 2.19. The van der Waals surface area contributed by atoms with E-state index >= 15 is 0 Å². The second kappa shape index (κ2) is 15.9. The first-order valence-electron chi connectivity index (χ1n) is 14.0. The van der Waals surface area contributed by atoms with Gasteiger partial charge in [0.15, 0.2) is 0 Å². The van der Waals surface area contributed by atoms with Crippen LogP contribution < -0.4 is 21.7 Å². The summed E-state index contributed by atoms with van der Waals surface area (Å²) in [5, 5.41) is 45.4. The zero-order chi connectivity index (χ0) is 33.1. The van der Waals surface area contributed by atoms with Crippen LogP contribution in [0.2, 0.25) is 0 Å². The third-order valence-electron chi connectivity index (χ3n) is 7.01. The van der Waals surface area contributed by atoms with Crippen molar-refractivity contribution in [2.45, 2.75) is 62.7 Å². The first-order chi connectivity index (χ1) is 21.3. The molecule has 4 unspecified atom stereocenters. The van der Waals surface area contributed by atoms with Crippen molar-refractivity contribution in [3.8, 4) is 5.75 Å². The minimum Gasteiger partial charge on any atom is -0.508 e. The van der Waals surface area contributed by atoms with Gasteiger partial charge in [0, 0.05) is 42.8 Å². The molecule has 0 saturated heterocycles. The minimum atomic E-state index is -1.50. The summed E-state index contributed by atoms with van der Waals surface area (Å²) in [6.45, 7) is 0. The van der Waals surface area contributed by atoms with Crippen molar-refractivity contribution < 1.29 is 49.2 Å². The number of nitrogens with one attached hydrogen (secondary N) is 4. The molecule has 3 rings (SSSR count). The van der Waals surface area contributed by atoms with Gasteiger partial charge in [0.25, 0.3) is 0 Å². The zero-order valence-electron chi connectivity index (χ0n) is 24.1. The van der Waals surface area contributed by atoms with Crippen molar-refractivity contribution in [2.24, 2.45) is 5.73 Å². The number of hydrogen-bond acceptors (Lipinski definition) is 8. The summed E-state index contributed by atoms with van der Waals surface area (Å²) in [4.78, 5) is 77.0. The summed E-state index contributed by atoms with van der Waals surface area (Å²) >= 11 is 0. The number of fused-ring (bicyclic) bond motifs is 1. The van der Waals surface area contributed by atoms with E-state index < -0.39 is 72.6 Å². The molecular formula is C30H35N5O10. The fraction of sp³-hybridized carbons (Fsp3) is 0.333. The average molecular weight is 626 g/mol. The molecule has 45 heavy (non-hydrogen) atoms. The summed E-state index contributed by atoms with van der Waals surface area (Å²) < 4.78 is 0. The Balaban J connectivity index is 1.83. The lowest BCUT2D eigenvalue weighted by molar-refractivity contribution is -0.143. The number of aromatic hydroxyl groups is 1. The number of hydrogen-bond donors (Lipinski definition) is 9. The van der Waals surface area contributed by atoms with Gasteiger partial charge in [-0.2, -0.15) is 0 Å². The van der Waals surface area contributed by atoms with E-state index in [0.717, 1.165) is 10.9 Å². The van der Waals surface area contributed by atoms with Gasteiger partial charge in [0.05, 0.1) is 6.04 Å². The Hall–Kier alpha value is -5.44. The number of carboxylic acids is 3. The van der Waals surface area contributed by atoms with Gasteiger partial charge in [-0.25, -0.2) is 4.79 Å². The number of H-pyrrole nitrogens is 1. The van der Waals surface area contributed by atoms with Crippen LogP contribution in [0.3, 0.4) is 0 Å². The Bertz CT molecular complexity index is 1540. The molecule has 4 atom stereocenters. The number of amides is 3. The fourth-order valence-corrected chi connectivity index (χ4v) is 4.57. The molecule has 0 bridgehead atoms. The highest BCUT2D eigenvalue weighted by atomic mass is 16.4. The number of carboxylic acid groups (broad SMARTS) is 3. The summed E-state index contributed by atoms with van der Waals surface area (Å²) in [6.07, 6.45) is -0.160. The molecule has 0 aliphatic carbocycles. The van der Waals surface area contributed by atoms with E-state index in [4.69, 9.17) is 10.8 Å². The maximum Gasteiger partial charge on any atom is 0.326 e. The number of phenolic OH excluding ortho intramolecular Hbond substituents is 1. The Morgan fingerprint density at radius 2 is 1.29 bits per heavy atom. The van der Waals surface area contributed by atoms with E-state index in [2.05, 4.69) is 20.9 Å². The third kappa shape index (κ3) is 10.4. The van der Waals surface area contributed by atoms with Gasteiger partial charge in [-0.15, -0.1) is 0 Å². The normalized spacial score (nSPS) is 13.6. The lowest BCUT2D eigenvalue weighted by atomic mass is 10.0. The van der Waals surface area contributed by atoms with Crippen LogP contribution in [-0.4, -0.2) is 85.2 Å². The molecule has 3 amide bonds. The lowest BCUT2D eigenvalue weighted by Gasteiger charge is -2.25. The maximum atomic E-state index is 13.6. The number of benzene rings is 2. The second-order valence-electron chi connectivity index (χ2n) is 10.4. The molecule has 0 aliphatic rings. The number of phenols is 1. The van der Waals surface area contributed by atoms with E-state index in [1.54, 1.807) is 30.5 Å². The number of rotatable bonds is 17. The van der Waals surface area contributed by atoms with E-state index in [-0.39, 0.29) is 31.4 Å². The van der Waals surface area contributed by atoms with E-state index in [1.807, 2.05) is 0 Å². The van der Waals surface area contributed by atoms with Crippen molar-refractivity contribution in [3.05, 3.63) is 65.9 Å². The molecule has 0 spiro atoms. The lowest BCUT2D eigenvalue weighted by Crippen LogP contribution is -2.57. The smallest absolute Gasteiger partial charge is 0.326 e.